The second-order valence-electron chi connectivity index (χ2n) is 2.93. The maximum atomic E-state index is 10.3. The molecule has 2 aromatic rings. The van der Waals surface area contributed by atoms with Gasteiger partial charge < -0.3 is 14.4 Å². The van der Waals surface area contributed by atoms with Gasteiger partial charge in [0.1, 0.15) is 0 Å². The Kier molecular flexibility index (Phi) is 2.45. The van der Waals surface area contributed by atoms with Gasteiger partial charge in [-0.05, 0) is 0 Å². The van der Waals surface area contributed by atoms with Crippen molar-refractivity contribution >= 4 is 5.97 Å². The van der Waals surface area contributed by atoms with E-state index in [1.807, 2.05) is 30.3 Å². The highest BCUT2D eigenvalue weighted by Gasteiger charge is 2.07. The van der Waals surface area contributed by atoms with E-state index >= 15 is 0 Å². The molecular weight excluding hydrogens is 196 g/mol. The Balaban J connectivity index is 2.24. The summed E-state index contributed by atoms with van der Waals surface area (Å²) >= 11 is 0. The van der Waals surface area contributed by atoms with Crippen molar-refractivity contribution in [3.63, 3.8) is 0 Å². The minimum Gasteiger partial charge on any atom is -0.550 e. The lowest BCUT2D eigenvalue weighted by Gasteiger charge is -1.93. The van der Waals surface area contributed by atoms with Gasteiger partial charge in [0.05, 0.1) is 12.4 Å². The number of carboxylic acids is 1. The molecule has 0 bridgehead atoms. The number of rotatable bonds is 3. The molecule has 0 saturated carbocycles. The number of hydrogen-bond donors (Lipinski definition) is 0. The smallest absolute Gasteiger partial charge is 0.232 e. The molecule has 0 unspecified atom stereocenters. The fourth-order valence-corrected chi connectivity index (χ4v) is 1.15. The van der Waals surface area contributed by atoms with Crippen molar-refractivity contribution in [3.05, 3.63) is 36.2 Å². The molecule has 0 N–H and O–H groups in total. The van der Waals surface area contributed by atoms with Gasteiger partial charge in [0.25, 0.3) is 0 Å². The number of aliphatic carboxylic acids is 1. The largest absolute Gasteiger partial charge is 0.550 e. The van der Waals surface area contributed by atoms with Crippen molar-refractivity contribution in [3.8, 4) is 11.4 Å². The van der Waals surface area contributed by atoms with Crippen LogP contribution in [0.2, 0.25) is 0 Å². The molecule has 0 amide bonds. The molecule has 5 heteroatoms. The second kappa shape index (κ2) is 3.91. The van der Waals surface area contributed by atoms with Crippen LogP contribution in [0.5, 0.6) is 0 Å². The Morgan fingerprint density at radius 1 is 1.33 bits per heavy atom. The number of carboxylic acid groups (broad SMARTS) is 1. The van der Waals surface area contributed by atoms with Gasteiger partial charge in [-0.2, -0.15) is 4.98 Å². The maximum Gasteiger partial charge on any atom is 0.232 e. The molecule has 0 aliphatic heterocycles. The first-order chi connectivity index (χ1) is 7.25. The monoisotopic (exact) mass is 203 g/mol. The average molecular weight is 203 g/mol. The summed E-state index contributed by atoms with van der Waals surface area (Å²) in [5.74, 6) is -0.807. The van der Waals surface area contributed by atoms with Crippen molar-refractivity contribution in [2.45, 2.75) is 6.42 Å². The topological polar surface area (TPSA) is 79.0 Å². The number of nitrogens with zero attached hydrogens (tertiary/aromatic N) is 2. The molecule has 5 nitrogen and oxygen atoms in total. The van der Waals surface area contributed by atoms with Crippen LogP contribution in [0.1, 0.15) is 5.89 Å². The standard InChI is InChI=1S/C10H8N2O3/c13-9(14)6-8-11-10(12-15-8)7-4-2-1-3-5-7/h1-5H,6H2,(H,13,14)/p-1. The van der Waals surface area contributed by atoms with Crippen molar-refractivity contribution in [2.24, 2.45) is 0 Å². The van der Waals surface area contributed by atoms with Gasteiger partial charge >= 0.3 is 0 Å². The zero-order valence-electron chi connectivity index (χ0n) is 7.71. The highest BCUT2D eigenvalue weighted by molar-refractivity contribution is 5.66. The minimum atomic E-state index is -1.24. The fourth-order valence-electron chi connectivity index (χ4n) is 1.15. The minimum absolute atomic E-state index is 0.0499. The normalized spacial score (nSPS) is 10.1. The second-order valence-corrected chi connectivity index (χ2v) is 2.93. The summed E-state index contributed by atoms with van der Waals surface area (Å²) in [4.78, 5) is 14.2. The lowest BCUT2D eigenvalue weighted by atomic mass is 10.2. The van der Waals surface area contributed by atoms with E-state index in [-0.39, 0.29) is 12.3 Å². The van der Waals surface area contributed by atoms with Crippen LogP contribution < -0.4 is 5.11 Å². The lowest BCUT2D eigenvalue weighted by molar-refractivity contribution is -0.305. The van der Waals surface area contributed by atoms with Crippen LogP contribution >= 0.6 is 0 Å². The van der Waals surface area contributed by atoms with E-state index in [9.17, 15) is 9.90 Å². The van der Waals surface area contributed by atoms with Crippen molar-refractivity contribution in [1.29, 1.82) is 0 Å². The van der Waals surface area contributed by atoms with Crippen LogP contribution in [0.3, 0.4) is 0 Å². The molecule has 1 aromatic heterocycles. The number of hydrogen-bond acceptors (Lipinski definition) is 5. The molecule has 1 heterocycles. The summed E-state index contributed by atoms with van der Waals surface area (Å²) in [6.45, 7) is 0. The summed E-state index contributed by atoms with van der Waals surface area (Å²) in [5, 5.41) is 13.9. The van der Waals surface area contributed by atoms with Crippen LogP contribution in [-0.2, 0) is 11.2 Å². The van der Waals surface area contributed by atoms with E-state index in [4.69, 9.17) is 4.52 Å². The Hall–Kier alpha value is -2.17. The first-order valence-electron chi connectivity index (χ1n) is 4.33. The first kappa shape index (κ1) is 9.39. The quantitative estimate of drug-likeness (QED) is 0.703. The molecule has 1 aromatic carbocycles. The molecule has 0 radical (unpaired) electrons. The van der Waals surface area contributed by atoms with Gasteiger partial charge in [-0.3, -0.25) is 0 Å². The van der Waals surface area contributed by atoms with Crippen molar-refractivity contribution in [2.75, 3.05) is 0 Å². The summed E-state index contributed by atoms with van der Waals surface area (Å²) in [7, 11) is 0. The van der Waals surface area contributed by atoms with Gasteiger partial charge in [-0.1, -0.05) is 35.5 Å². The number of carbonyl (C=O) groups excluding carboxylic acids is 1. The molecule has 2 rings (SSSR count). The predicted octanol–water partition coefficient (Wildman–Crippen LogP) is 0.0290. The van der Waals surface area contributed by atoms with Gasteiger partial charge in [-0.25, -0.2) is 0 Å². The van der Waals surface area contributed by atoms with Gasteiger partial charge in [0, 0.05) is 5.56 Å². The summed E-state index contributed by atoms with van der Waals surface area (Å²) in [6.07, 6.45) is -0.361. The van der Waals surface area contributed by atoms with Gasteiger partial charge in [0.2, 0.25) is 11.7 Å². The number of carbonyl (C=O) groups is 1. The predicted molar refractivity (Wildman–Crippen MR) is 48.4 cm³/mol. The third-order valence-electron chi connectivity index (χ3n) is 1.80. The van der Waals surface area contributed by atoms with Crippen LogP contribution in [0.15, 0.2) is 34.9 Å². The molecule has 15 heavy (non-hydrogen) atoms. The van der Waals surface area contributed by atoms with E-state index in [0.717, 1.165) is 5.56 Å². The van der Waals surface area contributed by atoms with E-state index in [2.05, 4.69) is 10.1 Å². The summed E-state index contributed by atoms with van der Waals surface area (Å²) in [5.41, 5.74) is 0.783. The van der Waals surface area contributed by atoms with Gasteiger partial charge in [-0.15, -0.1) is 0 Å². The molecule has 0 aliphatic rings. The Labute approximate surface area is 85.4 Å². The zero-order chi connectivity index (χ0) is 10.7. The Morgan fingerprint density at radius 3 is 2.73 bits per heavy atom. The van der Waals surface area contributed by atoms with E-state index in [1.165, 1.54) is 0 Å². The zero-order valence-corrected chi connectivity index (χ0v) is 7.71. The maximum absolute atomic E-state index is 10.3. The lowest BCUT2D eigenvalue weighted by Crippen LogP contribution is -2.24. The molecule has 0 spiro atoms. The van der Waals surface area contributed by atoms with E-state index in [0.29, 0.717) is 5.82 Å². The molecular formula is C10H7N2O3-. The third kappa shape index (κ3) is 2.19. The van der Waals surface area contributed by atoms with Gasteiger partial charge in [0.15, 0.2) is 0 Å². The van der Waals surface area contributed by atoms with Crippen molar-refractivity contribution < 1.29 is 14.4 Å². The van der Waals surface area contributed by atoms with Crippen LogP contribution in [0.25, 0.3) is 11.4 Å². The number of aromatic nitrogens is 2. The van der Waals surface area contributed by atoms with E-state index in [1.54, 1.807) is 0 Å². The highest BCUT2D eigenvalue weighted by Crippen LogP contribution is 2.14. The number of benzene rings is 1. The highest BCUT2D eigenvalue weighted by atomic mass is 16.5. The SMILES string of the molecule is O=C([O-])Cc1nc(-c2ccccc2)no1. The summed E-state index contributed by atoms with van der Waals surface area (Å²) < 4.78 is 4.75. The molecule has 76 valence electrons. The van der Waals surface area contributed by atoms with Crippen LogP contribution in [0, 0.1) is 0 Å². The van der Waals surface area contributed by atoms with E-state index < -0.39 is 5.97 Å². The first-order valence-corrected chi connectivity index (χ1v) is 4.33. The third-order valence-corrected chi connectivity index (χ3v) is 1.80. The average Bonchev–Trinajstić information content (AvgIpc) is 2.67. The van der Waals surface area contributed by atoms with Crippen LogP contribution in [-0.4, -0.2) is 16.1 Å². The summed E-state index contributed by atoms with van der Waals surface area (Å²) in [6, 6.07) is 9.17. The Bertz CT molecular complexity index is 465. The molecule has 0 atom stereocenters. The molecule has 0 aliphatic carbocycles. The molecule has 0 saturated heterocycles. The Morgan fingerprint density at radius 2 is 2.07 bits per heavy atom. The fraction of sp³-hybridized carbons (Fsp3) is 0.100. The van der Waals surface area contributed by atoms with Crippen LogP contribution in [0.4, 0.5) is 0 Å². The molecule has 0 fully saturated rings. The van der Waals surface area contributed by atoms with Crippen molar-refractivity contribution in [1.82, 2.24) is 10.1 Å².